The zero-order valence-electron chi connectivity index (χ0n) is 11.0. The average Bonchev–Trinajstić information content (AvgIpc) is 2.49. The molecule has 0 radical (unpaired) electrons. The van der Waals surface area contributed by atoms with E-state index in [1.165, 1.54) is 11.0 Å². The van der Waals surface area contributed by atoms with Crippen molar-refractivity contribution in [3.8, 4) is 11.8 Å². The predicted molar refractivity (Wildman–Crippen MR) is 88.7 cm³/mol. The minimum Gasteiger partial charge on any atom is -0.505 e. The third kappa shape index (κ3) is 8.25. The summed E-state index contributed by atoms with van der Waals surface area (Å²) in [7, 11) is 3.38. The van der Waals surface area contributed by atoms with Crippen LogP contribution in [0.2, 0.25) is 25.1 Å². The number of allylic oxidation sites excluding steroid dienone is 1. The Morgan fingerprint density at radius 3 is 1.48 bits per heavy atom. The number of hydrogen-bond acceptors (Lipinski definition) is 3. The Labute approximate surface area is 148 Å². The lowest BCUT2D eigenvalue weighted by Gasteiger charge is -2.06. The Morgan fingerprint density at radius 1 is 1.05 bits per heavy atom. The average molecular weight is 392 g/mol. The lowest BCUT2D eigenvalue weighted by Crippen LogP contribution is -2.06. The summed E-state index contributed by atoms with van der Waals surface area (Å²) in [4.78, 5) is 10.9. The molecule has 0 fully saturated rings. The smallest absolute Gasteiger partial charge is 0.209 e. The van der Waals surface area contributed by atoms with Gasteiger partial charge in [-0.2, -0.15) is 5.26 Å². The van der Waals surface area contributed by atoms with Crippen molar-refractivity contribution in [2.75, 3.05) is 14.1 Å². The van der Waals surface area contributed by atoms with Crippen molar-refractivity contribution in [2.24, 2.45) is 0 Å². The number of aromatic hydroxyl groups is 1. The lowest BCUT2D eigenvalue weighted by atomic mass is 10.3. The molecule has 0 atom stereocenters. The van der Waals surface area contributed by atoms with Gasteiger partial charge in [0.2, 0.25) is 6.41 Å². The van der Waals surface area contributed by atoms with Crippen molar-refractivity contribution in [1.82, 2.24) is 4.90 Å². The Morgan fingerprint density at radius 2 is 1.29 bits per heavy atom. The van der Waals surface area contributed by atoms with E-state index >= 15 is 0 Å². The van der Waals surface area contributed by atoms with Gasteiger partial charge in [-0.3, -0.25) is 4.79 Å². The molecule has 0 saturated heterocycles. The summed E-state index contributed by atoms with van der Waals surface area (Å²) in [6.45, 7) is 3.12. The molecular weight excluding hydrogens is 381 g/mol. The highest BCUT2D eigenvalue weighted by atomic mass is 35.5. The van der Waals surface area contributed by atoms with E-state index in [2.05, 4.69) is 6.58 Å². The van der Waals surface area contributed by atoms with Gasteiger partial charge in [0.15, 0.2) is 5.75 Å². The van der Waals surface area contributed by atoms with Crippen molar-refractivity contribution < 1.29 is 9.90 Å². The first-order valence-corrected chi connectivity index (χ1v) is 6.87. The predicted octanol–water partition coefficient (Wildman–Crippen LogP) is 5.06. The van der Waals surface area contributed by atoms with Crippen LogP contribution in [-0.2, 0) is 4.79 Å². The largest absolute Gasteiger partial charge is 0.505 e. The van der Waals surface area contributed by atoms with E-state index in [9.17, 15) is 9.90 Å². The second kappa shape index (κ2) is 11.8. The number of benzene rings is 1. The summed E-state index contributed by atoms with van der Waals surface area (Å²) in [6, 6.07) is 1.69. The molecule has 0 heterocycles. The lowest BCUT2D eigenvalue weighted by molar-refractivity contribution is -0.115. The summed E-state index contributed by atoms with van der Waals surface area (Å²) in [6.07, 6.45) is 1.93. The monoisotopic (exact) mass is 390 g/mol. The van der Waals surface area contributed by atoms with Gasteiger partial charge in [0.1, 0.15) is 10.0 Å². The highest BCUT2D eigenvalue weighted by Crippen LogP contribution is 2.47. The van der Waals surface area contributed by atoms with Gasteiger partial charge in [0.25, 0.3) is 0 Å². The molecule has 0 aliphatic heterocycles. The molecule has 116 valence electrons. The molecule has 9 heteroatoms. The fraction of sp³-hybridized carbons (Fsp3) is 0.167. The fourth-order valence-corrected chi connectivity index (χ4v) is 1.72. The molecule has 21 heavy (non-hydrogen) atoms. The third-order valence-corrected chi connectivity index (χ3v) is 3.75. The highest BCUT2D eigenvalue weighted by Gasteiger charge is 2.18. The number of rotatable bonds is 1. The number of phenols is 1. The van der Waals surface area contributed by atoms with Gasteiger partial charge in [0, 0.05) is 20.2 Å². The Bertz CT molecular complexity index is 436. The summed E-state index contributed by atoms with van der Waals surface area (Å²) < 4.78 is 0. The van der Waals surface area contributed by atoms with Crippen LogP contribution in [-0.4, -0.2) is 30.5 Å². The van der Waals surface area contributed by atoms with E-state index < -0.39 is 0 Å². The minimum atomic E-state index is -0.363. The molecule has 1 amide bonds. The molecular formula is C12H11Cl5N2O2. The molecule has 1 N–H and O–H groups in total. The molecule has 1 rings (SSSR count). The van der Waals surface area contributed by atoms with Crippen molar-refractivity contribution in [2.45, 2.75) is 0 Å². The topological polar surface area (TPSA) is 64.3 Å². The summed E-state index contributed by atoms with van der Waals surface area (Å²) in [5.74, 6) is -0.363. The van der Waals surface area contributed by atoms with Gasteiger partial charge in [-0.1, -0.05) is 64.6 Å². The quantitative estimate of drug-likeness (QED) is 0.314. The zero-order valence-corrected chi connectivity index (χ0v) is 14.8. The molecule has 0 aromatic heterocycles. The molecule has 0 unspecified atom stereocenters. The number of halogens is 5. The van der Waals surface area contributed by atoms with Gasteiger partial charge in [-0.15, -0.1) is 0 Å². The third-order valence-electron chi connectivity index (χ3n) is 1.49. The SMILES string of the molecule is C=CC#N.CN(C)C=O.Oc1c(Cl)c(Cl)c(Cl)c(Cl)c1Cl. The maximum Gasteiger partial charge on any atom is 0.209 e. The van der Waals surface area contributed by atoms with Gasteiger partial charge in [-0.25, -0.2) is 0 Å². The molecule has 4 nitrogen and oxygen atoms in total. The van der Waals surface area contributed by atoms with Crippen LogP contribution in [0, 0.1) is 11.3 Å². The van der Waals surface area contributed by atoms with Crippen molar-refractivity contribution in [3.05, 3.63) is 37.8 Å². The summed E-state index contributed by atoms with van der Waals surface area (Å²) >= 11 is 27.9. The first-order valence-electron chi connectivity index (χ1n) is 4.98. The molecule has 0 bridgehead atoms. The Balaban J connectivity index is 0. The molecule has 0 aliphatic carbocycles. The normalized spacial score (nSPS) is 8.29. The van der Waals surface area contributed by atoms with Crippen LogP contribution in [0.1, 0.15) is 0 Å². The highest BCUT2D eigenvalue weighted by molar-refractivity contribution is 6.55. The number of amides is 1. The number of hydrogen-bond donors (Lipinski definition) is 1. The van der Waals surface area contributed by atoms with Crippen LogP contribution in [0.4, 0.5) is 0 Å². The van der Waals surface area contributed by atoms with Crippen LogP contribution >= 0.6 is 58.0 Å². The maximum absolute atomic E-state index is 9.43. The van der Waals surface area contributed by atoms with Gasteiger partial charge < -0.3 is 10.0 Å². The number of carbonyl (C=O) groups is 1. The van der Waals surface area contributed by atoms with Crippen LogP contribution < -0.4 is 0 Å². The first-order chi connectivity index (χ1) is 9.65. The van der Waals surface area contributed by atoms with Crippen LogP contribution in [0.3, 0.4) is 0 Å². The van der Waals surface area contributed by atoms with E-state index in [4.69, 9.17) is 63.3 Å². The number of phenolic OH excluding ortho intramolecular Hbond substituents is 1. The molecule has 0 saturated carbocycles. The van der Waals surface area contributed by atoms with E-state index in [1.54, 1.807) is 20.2 Å². The van der Waals surface area contributed by atoms with Gasteiger partial charge in [0.05, 0.1) is 21.1 Å². The van der Waals surface area contributed by atoms with Crippen LogP contribution in [0.5, 0.6) is 5.75 Å². The second-order valence-electron chi connectivity index (χ2n) is 3.32. The number of carbonyl (C=O) groups excluding carboxylic acids is 1. The second-order valence-corrected chi connectivity index (χ2v) is 5.21. The fourth-order valence-electron chi connectivity index (χ4n) is 0.593. The van der Waals surface area contributed by atoms with Crippen LogP contribution in [0.25, 0.3) is 0 Å². The number of nitriles is 1. The van der Waals surface area contributed by atoms with Crippen LogP contribution in [0.15, 0.2) is 12.7 Å². The van der Waals surface area contributed by atoms with Crippen molar-refractivity contribution >= 4 is 64.4 Å². The summed E-state index contributed by atoms with van der Waals surface area (Å²) in [5.41, 5.74) is 0. The maximum atomic E-state index is 9.43. The van der Waals surface area contributed by atoms with Crippen molar-refractivity contribution in [3.63, 3.8) is 0 Å². The zero-order chi connectivity index (χ0) is 17.2. The standard InChI is InChI=1S/C6HCl5O.C3H7NO.C3H3N/c7-1-2(8)4(10)6(12)5(11)3(1)9;1-4(2)3-5;1-2-3-4/h12H;3H,1-2H3;2H,1H2. The molecule has 1 aromatic carbocycles. The van der Waals surface area contributed by atoms with Crippen molar-refractivity contribution in [1.29, 1.82) is 5.26 Å². The molecule has 1 aromatic rings. The molecule has 0 spiro atoms. The van der Waals surface area contributed by atoms with E-state index in [1.807, 2.05) is 0 Å². The van der Waals surface area contributed by atoms with Gasteiger partial charge >= 0.3 is 0 Å². The number of nitrogens with zero attached hydrogens (tertiary/aromatic N) is 2. The molecule has 0 aliphatic rings. The Kier molecular flexibility index (Phi) is 12.6. The van der Waals surface area contributed by atoms with E-state index in [0.717, 1.165) is 6.41 Å². The Hall–Kier alpha value is -0.830. The van der Waals surface area contributed by atoms with Gasteiger partial charge in [-0.05, 0) is 0 Å². The van der Waals surface area contributed by atoms with E-state index in [-0.39, 0.29) is 30.9 Å². The summed E-state index contributed by atoms with van der Waals surface area (Å²) in [5, 5.41) is 16.5. The first kappa shape index (κ1) is 22.5. The van der Waals surface area contributed by atoms with E-state index in [0.29, 0.717) is 0 Å². The minimum absolute atomic E-state index is 0.00904.